The Hall–Kier alpha value is -2.48. The van der Waals surface area contributed by atoms with Gasteiger partial charge in [0.15, 0.2) is 17.3 Å². The minimum atomic E-state index is -0.226. The number of ketones is 1. The van der Waals surface area contributed by atoms with Crippen LogP contribution in [-0.4, -0.2) is 31.4 Å². The lowest BCUT2D eigenvalue weighted by molar-refractivity contribution is -0.120. The average Bonchev–Trinajstić information content (AvgIpc) is 2.74. The van der Waals surface area contributed by atoms with Gasteiger partial charge < -0.3 is 14.8 Å². The highest BCUT2D eigenvalue weighted by Gasteiger charge is 2.14. The number of hydrogen-bond donors (Lipinski definition) is 1. The predicted molar refractivity (Wildman–Crippen MR) is 77.5 cm³/mol. The smallest absolute Gasteiger partial charge is 0.221 e. The van der Waals surface area contributed by atoms with Crippen LogP contribution in [0.25, 0.3) is 0 Å². The van der Waals surface area contributed by atoms with Crippen LogP contribution in [0.4, 0.5) is 0 Å². The molecule has 0 saturated heterocycles. The van der Waals surface area contributed by atoms with Gasteiger partial charge in [-0.25, -0.2) is 0 Å². The third kappa shape index (κ3) is 4.25. The molecule has 1 heterocycles. The first kappa shape index (κ1) is 14.9. The van der Waals surface area contributed by atoms with Crippen molar-refractivity contribution < 1.29 is 19.1 Å². The number of fused-ring (bicyclic) bond motifs is 1. The SMILES string of the molecule is C#CCNC(=O)CCC(=O)c1ccc2c(c1)OCCCO2. The zero-order valence-electron chi connectivity index (χ0n) is 11.7. The molecule has 0 aromatic heterocycles. The zero-order valence-corrected chi connectivity index (χ0v) is 11.7. The fourth-order valence-electron chi connectivity index (χ4n) is 1.95. The van der Waals surface area contributed by atoms with Gasteiger partial charge in [0.25, 0.3) is 0 Å². The lowest BCUT2D eigenvalue weighted by Gasteiger charge is -2.08. The van der Waals surface area contributed by atoms with E-state index in [0.29, 0.717) is 30.3 Å². The van der Waals surface area contributed by atoms with Crippen LogP contribution in [0.5, 0.6) is 11.5 Å². The molecule has 5 heteroatoms. The molecule has 0 saturated carbocycles. The lowest BCUT2D eigenvalue weighted by atomic mass is 10.1. The van der Waals surface area contributed by atoms with Crippen molar-refractivity contribution in [3.05, 3.63) is 23.8 Å². The number of carbonyl (C=O) groups excluding carboxylic acids is 2. The second kappa shape index (κ2) is 7.34. The summed E-state index contributed by atoms with van der Waals surface area (Å²) < 4.78 is 11.0. The van der Waals surface area contributed by atoms with Crippen molar-refractivity contribution in [1.29, 1.82) is 0 Å². The van der Waals surface area contributed by atoms with Crippen molar-refractivity contribution >= 4 is 11.7 Å². The van der Waals surface area contributed by atoms with Crippen molar-refractivity contribution in [3.63, 3.8) is 0 Å². The van der Waals surface area contributed by atoms with Gasteiger partial charge in [-0.2, -0.15) is 0 Å². The van der Waals surface area contributed by atoms with Crippen LogP contribution in [0.1, 0.15) is 29.6 Å². The normalized spacial score (nSPS) is 12.9. The summed E-state index contributed by atoms with van der Waals surface area (Å²) in [7, 11) is 0. The van der Waals surface area contributed by atoms with Crippen LogP contribution >= 0.6 is 0 Å². The van der Waals surface area contributed by atoms with E-state index in [2.05, 4.69) is 11.2 Å². The highest BCUT2D eigenvalue weighted by Crippen LogP contribution is 2.30. The topological polar surface area (TPSA) is 64.6 Å². The van der Waals surface area contributed by atoms with Gasteiger partial charge in [-0.1, -0.05) is 5.92 Å². The molecule has 1 aromatic rings. The van der Waals surface area contributed by atoms with Crippen LogP contribution in [0.3, 0.4) is 0 Å². The van der Waals surface area contributed by atoms with Gasteiger partial charge >= 0.3 is 0 Å². The van der Waals surface area contributed by atoms with E-state index in [-0.39, 0.29) is 31.1 Å². The van der Waals surface area contributed by atoms with Gasteiger partial charge in [0, 0.05) is 24.8 Å². The third-order valence-electron chi connectivity index (χ3n) is 3.04. The van der Waals surface area contributed by atoms with E-state index in [9.17, 15) is 9.59 Å². The Labute approximate surface area is 123 Å². The van der Waals surface area contributed by atoms with E-state index >= 15 is 0 Å². The summed E-state index contributed by atoms with van der Waals surface area (Å²) in [6.07, 6.45) is 6.11. The number of nitrogens with one attached hydrogen (secondary N) is 1. The molecule has 21 heavy (non-hydrogen) atoms. The molecule has 5 nitrogen and oxygen atoms in total. The van der Waals surface area contributed by atoms with E-state index in [1.54, 1.807) is 18.2 Å². The molecule has 110 valence electrons. The van der Waals surface area contributed by atoms with Crippen LogP contribution in [0, 0.1) is 12.3 Å². The van der Waals surface area contributed by atoms with E-state index in [0.717, 1.165) is 6.42 Å². The van der Waals surface area contributed by atoms with Gasteiger partial charge in [-0.15, -0.1) is 6.42 Å². The molecule has 0 radical (unpaired) electrons. The second-order valence-corrected chi connectivity index (χ2v) is 4.62. The fraction of sp³-hybridized carbons (Fsp3) is 0.375. The van der Waals surface area contributed by atoms with Crippen molar-refractivity contribution in [2.45, 2.75) is 19.3 Å². The molecule has 0 aliphatic carbocycles. The van der Waals surface area contributed by atoms with Crippen LogP contribution in [0.2, 0.25) is 0 Å². The lowest BCUT2D eigenvalue weighted by Crippen LogP contribution is -2.23. The maximum atomic E-state index is 12.1. The van der Waals surface area contributed by atoms with Crippen molar-refractivity contribution in [3.8, 4) is 23.8 Å². The van der Waals surface area contributed by atoms with Gasteiger partial charge in [-0.3, -0.25) is 9.59 Å². The van der Waals surface area contributed by atoms with Crippen LogP contribution in [-0.2, 0) is 4.79 Å². The Morgan fingerprint density at radius 3 is 2.71 bits per heavy atom. The summed E-state index contributed by atoms with van der Waals surface area (Å²) in [4.78, 5) is 23.5. The van der Waals surface area contributed by atoms with E-state index in [1.807, 2.05) is 0 Å². The minimum Gasteiger partial charge on any atom is -0.490 e. The molecule has 1 aliphatic heterocycles. The number of amides is 1. The first-order valence-electron chi connectivity index (χ1n) is 6.83. The number of hydrogen-bond acceptors (Lipinski definition) is 4. The quantitative estimate of drug-likeness (QED) is 0.659. The molecular formula is C16H17NO4. The zero-order chi connectivity index (χ0) is 15.1. The Balaban J connectivity index is 1.95. The first-order valence-corrected chi connectivity index (χ1v) is 6.83. The molecule has 0 spiro atoms. The van der Waals surface area contributed by atoms with E-state index in [1.165, 1.54) is 0 Å². The number of benzene rings is 1. The van der Waals surface area contributed by atoms with Gasteiger partial charge in [-0.05, 0) is 18.2 Å². The van der Waals surface area contributed by atoms with Crippen molar-refractivity contribution in [1.82, 2.24) is 5.32 Å². The maximum Gasteiger partial charge on any atom is 0.221 e. The summed E-state index contributed by atoms with van der Waals surface area (Å²) in [6, 6.07) is 5.09. The Bertz CT molecular complexity index is 574. The third-order valence-corrected chi connectivity index (χ3v) is 3.04. The molecule has 0 bridgehead atoms. The molecule has 1 aromatic carbocycles. The summed E-state index contributed by atoms with van der Waals surface area (Å²) in [5, 5.41) is 2.53. The Morgan fingerprint density at radius 1 is 1.19 bits per heavy atom. The predicted octanol–water partition coefficient (Wildman–Crippen LogP) is 1.56. The Kier molecular flexibility index (Phi) is 5.22. The molecule has 0 atom stereocenters. The first-order chi connectivity index (χ1) is 10.2. The fourth-order valence-corrected chi connectivity index (χ4v) is 1.95. The van der Waals surface area contributed by atoms with Gasteiger partial charge in [0.1, 0.15) is 0 Å². The molecule has 1 amide bonds. The molecular weight excluding hydrogens is 270 g/mol. The van der Waals surface area contributed by atoms with Crippen LogP contribution < -0.4 is 14.8 Å². The number of ether oxygens (including phenoxy) is 2. The molecule has 1 N–H and O–H groups in total. The monoisotopic (exact) mass is 287 g/mol. The van der Waals surface area contributed by atoms with E-state index in [4.69, 9.17) is 15.9 Å². The van der Waals surface area contributed by atoms with Gasteiger partial charge in [0.05, 0.1) is 19.8 Å². The molecule has 2 rings (SSSR count). The molecule has 0 fully saturated rings. The maximum absolute atomic E-state index is 12.1. The highest BCUT2D eigenvalue weighted by atomic mass is 16.5. The summed E-state index contributed by atoms with van der Waals surface area (Å²) in [6.45, 7) is 1.35. The summed E-state index contributed by atoms with van der Waals surface area (Å²) in [5.41, 5.74) is 0.518. The highest BCUT2D eigenvalue weighted by molar-refractivity contribution is 5.98. The van der Waals surface area contributed by atoms with Crippen molar-refractivity contribution in [2.24, 2.45) is 0 Å². The number of Topliss-reactive ketones (excluding diaryl/α,β-unsaturated/α-hetero) is 1. The average molecular weight is 287 g/mol. The largest absolute Gasteiger partial charge is 0.490 e. The summed E-state index contributed by atoms with van der Waals surface area (Å²) >= 11 is 0. The van der Waals surface area contributed by atoms with E-state index < -0.39 is 0 Å². The number of rotatable bonds is 5. The summed E-state index contributed by atoms with van der Waals surface area (Å²) in [5.74, 6) is 3.20. The van der Waals surface area contributed by atoms with Gasteiger partial charge in [0.2, 0.25) is 5.91 Å². The second-order valence-electron chi connectivity index (χ2n) is 4.62. The standard InChI is InChI=1S/C16H17NO4/c1-2-8-17-16(19)7-5-13(18)12-4-6-14-15(11-12)21-10-3-9-20-14/h1,4,6,11H,3,5,7-10H2,(H,17,19). The van der Waals surface area contributed by atoms with Crippen LogP contribution in [0.15, 0.2) is 18.2 Å². The van der Waals surface area contributed by atoms with Crippen molar-refractivity contribution in [2.75, 3.05) is 19.8 Å². The minimum absolute atomic E-state index is 0.110. The molecule has 1 aliphatic rings. The Morgan fingerprint density at radius 2 is 1.95 bits per heavy atom. The number of carbonyl (C=O) groups is 2. The molecule has 0 unspecified atom stereocenters. The number of terminal acetylenes is 1.